The van der Waals surface area contributed by atoms with Gasteiger partial charge < -0.3 is 9.80 Å². The number of likely N-dealkylation sites (N-methyl/N-ethyl adjacent to an activating group) is 1. The Morgan fingerprint density at radius 1 is 1.11 bits per heavy atom. The molecule has 5 nitrogen and oxygen atoms in total. The maximum absolute atomic E-state index is 13.1. The van der Waals surface area contributed by atoms with Crippen LogP contribution in [0.4, 0.5) is 0 Å². The third kappa shape index (κ3) is 3.88. The van der Waals surface area contributed by atoms with E-state index < -0.39 is 0 Å². The van der Waals surface area contributed by atoms with Gasteiger partial charge in [0, 0.05) is 37.8 Å². The molecule has 2 heterocycles. The van der Waals surface area contributed by atoms with E-state index in [4.69, 9.17) is 0 Å². The van der Waals surface area contributed by atoms with E-state index in [1.165, 1.54) is 0 Å². The van der Waals surface area contributed by atoms with Crippen LogP contribution in [0.15, 0.2) is 18.2 Å². The van der Waals surface area contributed by atoms with Crippen molar-refractivity contribution in [2.75, 3.05) is 32.7 Å². The molecule has 27 heavy (non-hydrogen) atoms. The number of aryl methyl sites for hydroxylation is 1. The number of carbonyl (C=O) groups is 2. The molecule has 0 aromatic heterocycles. The molecule has 2 amide bonds. The number of nitrogens with zero attached hydrogens (tertiary/aromatic N) is 3. The highest BCUT2D eigenvalue weighted by Gasteiger charge is 2.40. The van der Waals surface area contributed by atoms with Gasteiger partial charge >= 0.3 is 0 Å². The number of benzene rings is 1. The maximum atomic E-state index is 13.1. The van der Waals surface area contributed by atoms with Gasteiger partial charge in [-0.2, -0.15) is 0 Å². The first-order valence-electron chi connectivity index (χ1n) is 10.4. The normalized spacial score (nSPS) is 23.3. The van der Waals surface area contributed by atoms with Crippen molar-refractivity contribution >= 4 is 11.8 Å². The summed E-state index contributed by atoms with van der Waals surface area (Å²) in [6.45, 7) is 12.2. The van der Waals surface area contributed by atoms with Gasteiger partial charge in [-0.3, -0.25) is 14.5 Å². The van der Waals surface area contributed by atoms with Crippen LogP contribution in [0, 0.1) is 13.8 Å². The van der Waals surface area contributed by atoms with Crippen molar-refractivity contribution < 1.29 is 9.59 Å². The van der Waals surface area contributed by atoms with E-state index in [1.807, 2.05) is 36.9 Å². The first-order chi connectivity index (χ1) is 13.0. The predicted octanol–water partition coefficient (Wildman–Crippen LogP) is 2.85. The molecule has 0 aliphatic carbocycles. The number of carbonyl (C=O) groups excluding carboxylic acids is 2. The highest BCUT2D eigenvalue weighted by Crippen LogP contribution is 2.24. The third-order valence-corrected chi connectivity index (χ3v) is 6.33. The molecule has 0 spiro atoms. The zero-order valence-corrected chi connectivity index (χ0v) is 17.2. The summed E-state index contributed by atoms with van der Waals surface area (Å²) >= 11 is 0. The number of rotatable bonds is 5. The number of hydrogen-bond donors (Lipinski definition) is 0. The standard InChI is InChI=1S/C22H33N3O2/c1-5-8-18-15-24(21(26)19-10-7-9-16(3)17(19)4)13-14-25(18)22(27)20-11-12-23(20)6-2/h7,9-10,18,20H,5-6,8,11-15H2,1-4H3. The quantitative estimate of drug-likeness (QED) is 0.799. The second kappa shape index (κ2) is 8.42. The van der Waals surface area contributed by atoms with Gasteiger partial charge in [0.05, 0.1) is 6.04 Å². The second-order valence-electron chi connectivity index (χ2n) is 7.91. The summed E-state index contributed by atoms with van der Waals surface area (Å²) < 4.78 is 0. The Kier molecular flexibility index (Phi) is 6.20. The van der Waals surface area contributed by atoms with Crippen LogP contribution in [0.5, 0.6) is 0 Å². The summed E-state index contributed by atoms with van der Waals surface area (Å²) in [5.74, 6) is 0.364. The zero-order valence-electron chi connectivity index (χ0n) is 17.2. The minimum atomic E-state index is 0.0515. The number of amides is 2. The van der Waals surface area contributed by atoms with E-state index in [0.717, 1.165) is 49.0 Å². The summed E-state index contributed by atoms with van der Waals surface area (Å²) in [6.07, 6.45) is 2.93. The average Bonchev–Trinajstić information content (AvgIpc) is 2.63. The fourth-order valence-corrected chi connectivity index (χ4v) is 4.35. The fraction of sp³-hybridized carbons (Fsp3) is 0.636. The average molecular weight is 372 g/mol. The Morgan fingerprint density at radius 3 is 2.52 bits per heavy atom. The second-order valence-corrected chi connectivity index (χ2v) is 7.91. The van der Waals surface area contributed by atoms with Crippen LogP contribution in [0.1, 0.15) is 54.6 Å². The molecule has 0 saturated carbocycles. The van der Waals surface area contributed by atoms with Crippen LogP contribution in [0.3, 0.4) is 0 Å². The van der Waals surface area contributed by atoms with Crippen molar-refractivity contribution in [2.24, 2.45) is 0 Å². The summed E-state index contributed by atoms with van der Waals surface area (Å²) in [5.41, 5.74) is 2.99. The van der Waals surface area contributed by atoms with Gasteiger partial charge in [-0.05, 0) is 50.4 Å². The lowest BCUT2D eigenvalue weighted by Gasteiger charge is -2.47. The Morgan fingerprint density at radius 2 is 1.89 bits per heavy atom. The highest BCUT2D eigenvalue weighted by molar-refractivity contribution is 5.96. The predicted molar refractivity (Wildman–Crippen MR) is 108 cm³/mol. The SMILES string of the molecule is CCCC1CN(C(=O)c2cccc(C)c2C)CCN1C(=O)C1CCN1CC. The molecule has 1 aromatic rings. The maximum Gasteiger partial charge on any atom is 0.254 e. The number of likely N-dealkylation sites (tertiary alicyclic amines) is 1. The first kappa shape index (κ1) is 19.9. The van der Waals surface area contributed by atoms with Crippen molar-refractivity contribution in [2.45, 2.75) is 59.0 Å². The molecule has 2 saturated heterocycles. The van der Waals surface area contributed by atoms with Crippen LogP contribution >= 0.6 is 0 Å². The van der Waals surface area contributed by atoms with Crippen molar-refractivity contribution in [3.05, 3.63) is 34.9 Å². The highest BCUT2D eigenvalue weighted by atomic mass is 16.2. The Labute approximate surface area is 163 Å². The van der Waals surface area contributed by atoms with Crippen molar-refractivity contribution in [1.29, 1.82) is 0 Å². The van der Waals surface area contributed by atoms with Crippen LogP contribution in [-0.2, 0) is 4.79 Å². The molecule has 1 aromatic carbocycles. The molecule has 2 unspecified atom stereocenters. The molecule has 2 atom stereocenters. The van der Waals surface area contributed by atoms with Crippen LogP contribution in [0.2, 0.25) is 0 Å². The molecule has 2 aliphatic heterocycles. The Balaban J connectivity index is 1.73. The summed E-state index contributed by atoms with van der Waals surface area (Å²) in [7, 11) is 0. The molecule has 3 rings (SSSR count). The van der Waals surface area contributed by atoms with Gasteiger partial charge in [0.25, 0.3) is 5.91 Å². The lowest BCUT2D eigenvalue weighted by atomic mass is 9.97. The van der Waals surface area contributed by atoms with Crippen molar-refractivity contribution in [3.63, 3.8) is 0 Å². The molecule has 2 aliphatic rings. The Hall–Kier alpha value is -1.88. The minimum absolute atomic E-state index is 0.0515. The van der Waals surface area contributed by atoms with E-state index in [0.29, 0.717) is 19.6 Å². The van der Waals surface area contributed by atoms with E-state index in [-0.39, 0.29) is 23.9 Å². The molecule has 0 bridgehead atoms. The molecule has 0 radical (unpaired) electrons. The molecule has 148 valence electrons. The molecule has 2 fully saturated rings. The van der Waals surface area contributed by atoms with E-state index in [1.54, 1.807) is 0 Å². The smallest absolute Gasteiger partial charge is 0.254 e. The van der Waals surface area contributed by atoms with Gasteiger partial charge in [-0.25, -0.2) is 0 Å². The van der Waals surface area contributed by atoms with Gasteiger partial charge in [-0.15, -0.1) is 0 Å². The van der Waals surface area contributed by atoms with Crippen molar-refractivity contribution in [1.82, 2.24) is 14.7 Å². The first-order valence-corrected chi connectivity index (χ1v) is 10.4. The van der Waals surface area contributed by atoms with Gasteiger partial charge in [0.1, 0.15) is 0 Å². The lowest BCUT2D eigenvalue weighted by molar-refractivity contribution is -0.146. The molecule has 5 heteroatoms. The fourth-order valence-electron chi connectivity index (χ4n) is 4.35. The summed E-state index contributed by atoms with van der Waals surface area (Å²) in [5, 5.41) is 0. The zero-order chi connectivity index (χ0) is 19.6. The van der Waals surface area contributed by atoms with E-state index in [9.17, 15) is 9.59 Å². The van der Waals surface area contributed by atoms with Crippen LogP contribution < -0.4 is 0 Å². The van der Waals surface area contributed by atoms with E-state index >= 15 is 0 Å². The third-order valence-electron chi connectivity index (χ3n) is 6.33. The monoisotopic (exact) mass is 371 g/mol. The van der Waals surface area contributed by atoms with Gasteiger partial charge in [-0.1, -0.05) is 32.4 Å². The van der Waals surface area contributed by atoms with Gasteiger partial charge in [0.2, 0.25) is 5.91 Å². The lowest BCUT2D eigenvalue weighted by Crippen LogP contribution is -2.63. The molecular formula is C22H33N3O2. The minimum Gasteiger partial charge on any atom is -0.335 e. The van der Waals surface area contributed by atoms with Crippen molar-refractivity contribution in [3.8, 4) is 0 Å². The summed E-state index contributed by atoms with van der Waals surface area (Å²) in [6, 6.07) is 6.10. The number of piperazine rings is 1. The molecular weight excluding hydrogens is 338 g/mol. The van der Waals surface area contributed by atoms with Crippen LogP contribution in [0.25, 0.3) is 0 Å². The van der Waals surface area contributed by atoms with Crippen LogP contribution in [-0.4, -0.2) is 71.3 Å². The summed E-state index contributed by atoms with van der Waals surface area (Å²) in [4.78, 5) is 32.4. The topological polar surface area (TPSA) is 43.9 Å². The molecule has 0 N–H and O–H groups in total. The van der Waals surface area contributed by atoms with E-state index in [2.05, 4.69) is 23.6 Å². The van der Waals surface area contributed by atoms with Gasteiger partial charge in [0.15, 0.2) is 0 Å². The largest absolute Gasteiger partial charge is 0.335 e. The Bertz CT molecular complexity index is 701. The number of hydrogen-bond acceptors (Lipinski definition) is 3.